The summed E-state index contributed by atoms with van der Waals surface area (Å²) >= 11 is 7.25. The van der Waals surface area contributed by atoms with E-state index in [1.54, 1.807) is 17.0 Å². The van der Waals surface area contributed by atoms with Gasteiger partial charge < -0.3 is 4.74 Å². The zero-order valence-electron chi connectivity index (χ0n) is 12.0. The summed E-state index contributed by atoms with van der Waals surface area (Å²) in [6.07, 6.45) is 1.59. The topological polar surface area (TPSA) is 57.0 Å². The molecular weight excluding hydrogens is 310 g/mol. The first-order valence-corrected chi connectivity index (χ1v) is 7.72. The highest BCUT2D eigenvalue weighted by molar-refractivity contribution is 7.99. The number of esters is 1. The van der Waals surface area contributed by atoms with E-state index in [2.05, 4.69) is 10.2 Å². The first kappa shape index (κ1) is 15.9. The van der Waals surface area contributed by atoms with E-state index in [9.17, 15) is 4.79 Å². The van der Waals surface area contributed by atoms with Gasteiger partial charge in [0.15, 0.2) is 5.16 Å². The number of hydrogen-bond acceptors (Lipinski definition) is 5. The highest BCUT2D eigenvalue weighted by Crippen LogP contribution is 2.22. The minimum atomic E-state index is -0.488. The largest absolute Gasteiger partial charge is 0.459 e. The number of carbonyl (C=O) groups is 1. The van der Waals surface area contributed by atoms with Crippen LogP contribution in [0.1, 0.15) is 20.8 Å². The van der Waals surface area contributed by atoms with E-state index < -0.39 is 5.60 Å². The highest BCUT2D eigenvalue weighted by Gasteiger charge is 2.17. The molecule has 112 valence electrons. The fourth-order valence-electron chi connectivity index (χ4n) is 1.62. The lowest BCUT2D eigenvalue weighted by molar-refractivity contribution is -0.151. The van der Waals surface area contributed by atoms with E-state index in [-0.39, 0.29) is 11.7 Å². The summed E-state index contributed by atoms with van der Waals surface area (Å²) < 4.78 is 7.04. The van der Waals surface area contributed by atoms with E-state index >= 15 is 0 Å². The number of aromatic nitrogens is 3. The standard InChI is InChI=1S/C14H16ClN3O2S/c1-14(2,3)20-12(19)8-21-13-17-16-9-18(13)11-6-4-5-10(15)7-11/h4-7,9H,8H2,1-3H3. The van der Waals surface area contributed by atoms with Gasteiger partial charge in [-0.2, -0.15) is 0 Å². The van der Waals surface area contributed by atoms with Crippen LogP contribution in [0.25, 0.3) is 5.69 Å². The number of nitrogens with zero attached hydrogens (tertiary/aromatic N) is 3. The maximum atomic E-state index is 11.7. The van der Waals surface area contributed by atoms with Crippen molar-refractivity contribution in [2.75, 3.05) is 5.75 Å². The van der Waals surface area contributed by atoms with Crippen LogP contribution in [-0.4, -0.2) is 32.1 Å². The molecule has 0 atom stereocenters. The van der Waals surface area contributed by atoms with Crippen LogP contribution in [0.15, 0.2) is 35.7 Å². The number of hydrogen-bond donors (Lipinski definition) is 0. The monoisotopic (exact) mass is 325 g/mol. The number of thioether (sulfide) groups is 1. The molecule has 1 aromatic heterocycles. The first-order chi connectivity index (χ1) is 9.85. The molecule has 0 bridgehead atoms. The van der Waals surface area contributed by atoms with Gasteiger partial charge in [-0.05, 0) is 39.0 Å². The summed E-state index contributed by atoms with van der Waals surface area (Å²) in [5, 5.41) is 9.14. The predicted molar refractivity (Wildman–Crippen MR) is 82.9 cm³/mol. The van der Waals surface area contributed by atoms with Crippen LogP contribution < -0.4 is 0 Å². The summed E-state index contributed by atoms with van der Waals surface area (Å²) in [4.78, 5) is 11.7. The fraction of sp³-hybridized carbons (Fsp3) is 0.357. The molecule has 0 N–H and O–H groups in total. The van der Waals surface area contributed by atoms with Crippen LogP contribution in [0.4, 0.5) is 0 Å². The van der Waals surface area contributed by atoms with Gasteiger partial charge in [0.25, 0.3) is 0 Å². The molecule has 2 rings (SSSR count). The lowest BCUT2D eigenvalue weighted by atomic mass is 10.2. The lowest BCUT2D eigenvalue weighted by Crippen LogP contribution is -2.25. The van der Waals surface area contributed by atoms with Gasteiger partial charge in [0, 0.05) is 5.02 Å². The predicted octanol–water partition coefficient (Wildman–Crippen LogP) is 3.35. The molecule has 0 radical (unpaired) electrons. The van der Waals surface area contributed by atoms with Gasteiger partial charge in [0.05, 0.1) is 11.4 Å². The van der Waals surface area contributed by atoms with Crippen LogP contribution in [0.5, 0.6) is 0 Å². The lowest BCUT2D eigenvalue weighted by Gasteiger charge is -2.19. The van der Waals surface area contributed by atoms with Crippen LogP contribution in [0.2, 0.25) is 5.02 Å². The van der Waals surface area contributed by atoms with Gasteiger partial charge in [0.2, 0.25) is 0 Å². The molecule has 0 aliphatic heterocycles. The van der Waals surface area contributed by atoms with Crippen molar-refractivity contribution < 1.29 is 9.53 Å². The third kappa shape index (κ3) is 4.75. The smallest absolute Gasteiger partial charge is 0.316 e. The van der Waals surface area contributed by atoms with Gasteiger partial charge in [-0.15, -0.1) is 10.2 Å². The molecule has 0 saturated heterocycles. The van der Waals surface area contributed by atoms with Gasteiger partial charge in [0.1, 0.15) is 11.9 Å². The Morgan fingerprint density at radius 3 is 2.86 bits per heavy atom. The first-order valence-electron chi connectivity index (χ1n) is 6.36. The van der Waals surface area contributed by atoms with Crippen LogP contribution in [0, 0.1) is 0 Å². The van der Waals surface area contributed by atoms with Crippen molar-refractivity contribution in [1.29, 1.82) is 0 Å². The Bertz CT molecular complexity index is 637. The number of ether oxygens (including phenoxy) is 1. The summed E-state index contributed by atoms with van der Waals surface area (Å²) in [5.41, 5.74) is 0.359. The molecule has 0 amide bonds. The normalized spacial score (nSPS) is 11.4. The van der Waals surface area contributed by atoms with Crippen molar-refractivity contribution in [2.45, 2.75) is 31.5 Å². The Hall–Kier alpha value is -1.53. The Balaban J connectivity index is 2.06. The summed E-state index contributed by atoms with van der Waals surface area (Å²) in [6.45, 7) is 5.51. The zero-order valence-corrected chi connectivity index (χ0v) is 13.6. The molecule has 0 aliphatic rings. The summed E-state index contributed by atoms with van der Waals surface area (Å²) in [7, 11) is 0. The Morgan fingerprint density at radius 2 is 2.19 bits per heavy atom. The molecular formula is C14H16ClN3O2S. The van der Waals surface area contributed by atoms with Crippen molar-refractivity contribution in [3.8, 4) is 5.69 Å². The van der Waals surface area contributed by atoms with Crippen LogP contribution in [-0.2, 0) is 9.53 Å². The Labute approximate surface area is 132 Å². The fourth-order valence-corrected chi connectivity index (χ4v) is 2.51. The highest BCUT2D eigenvalue weighted by atomic mass is 35.5. The van der Waals surface area contributed by atoms with Crippen molar-refractivity contribution in [1.82, 2.24) is 14.8 Å². The molecule has 0 unspecified atom stereocenters. The zero-order chi connectivity index (χ0) is 15.5. The molecule has 1 aromatic carbocycles. The van der Waals surface area contributed by atoms with Crippen molar-refractivity contribution in [2.24, 2.45) is 0 Å². The molecule has 0 spiro atoms. The quantitative estimate of drug-likeness (QED) is 0.637. The molecule has 1 heterocycles. The average molecular weight is 326 g/mol. The third-order valence-electron chi connectivity index (χ3n) is 2.34. The van der Waals surface area contributed by atoms with Crippen LogP contribution >= 0.6 is 23.4 Å². The minimum absolute atomic E-state index is 0.177. The maximum absolute atomic E-state index is 11.7. The van der Waals surface area contributed by atoms with Gasteiger partial charge >= 0.3 is 5.97 Å². The second-order valence-corrected chi connectivity index (χ2v) is 6.72. The Morgan fingerprint density at radius 1 is 1.43 bits per heavy atom. The molecule has 2 aromatic rings. The number of benzene rings is 1. The molecule has 0 saturated carbocycles. The minimum Gasteiger partial charge on any atom is -0.459 e. The maximum Gasteiger partial charge on any atom is 0.316 e. The van der Waals surface area contributed by atoms with E-state index in [0.29, 0.717) is 10.2 Å². The summed E-state index contributed by atoms with van der Waals surface area (Å²) in [5.74, 6) is -0.107. The Kier molecular flexibility index (Phi) is 4.90. The van der Waals surface area contributed by atoms with Crippen molar-refractivity contribution in [3.63, 3.8) is 0 Å². The average Bonchev–Trinajstić information content (AvgIpc) is 2.82. The van der Waals surface area contributed by atoms with Crippen molar-refractivity contribution >= 4 is 29.3 Å². The SMILES string of the molecule is CC(C)(C)OC(=O)CSc1nncn1-c1cccc(Cl)c1. The molecule has 0 fully saturated rings. The molecule has 5 nitrogen and oxygen atoms in total. The van der Waals surface area contributed by atoms with Gasteiger partial charge in [-0.25, -0.2) is 0 Å². The van der Waals surface area contributed by atoms with Gasteiger partial charge in [-0.1, -0.05) is 29.4 Å². The van der Waals surface area contributed by atoms with E-state index in [1.807, 2.05) is 39.0 Å². The molecule has 0 aliphatic carbocycles. The van der Waals surface area contributed by atoms with E-state index in [4.69, 9.17) is 16.3 Å². The number of rotatable bonds is 4. The second-order valence-electron chi connectivity index (χ2n) is 5.34. The van der Waals surface area contributed by atoms with E-state index in [1.165, 1.54) is 11.8 Å². The number of carbonyl (C=O) groups excluding carboxylic acids is 1. The van der Waals surface area contributed by atoms with Gasteiger partial charge in [-0.3, -0.25) is 9.36 Å². The molecule has 21 heavy (non-hydrogen) atoms. The number of halogens is 1. The van der Waals surface area contributed by atoms with E-state index in [0.717, 1.165) is 5.69 Å². The third-order valence-corrected chi connectivity index (χ3v) is 3.49. The molecule has 7 heteroatoms. The van der Waals surface area contributed by atoms with Crippen molar-refractivity contribution in [3.05, 3.63) is 35.6 Å². The summed E-state index contributed by atoms with van der Waals surface area (Å²) in [6, 6.07) is 7.35. The second kappa shape index (κ2) is 6.49. The van der Waals surface area contributed by atoms with Crippen LogP contribution in [0.3, 0.4) is 0 Å².